The highest BCUT2D eigenvalue weighted by Crippen LogP contribution is 2.52. The van der Waals surface area contributed by atoms with Crippen LogP contribution in [0.4, 0.5) is 0 Å². The van der Waals surface area contributed by atoms with Crippen LogP contribution in [0.25, 0.3) is 10.9 Å². The molecule has 1 aromatic carbocycles. The molecule has 2 atom stereocenters. The molecule has 7 nitrogen and oxygen atoms in total. The van der Waals surface area contributed by atoms with Crippen molar-refractivity contribution in [1.29, 1.82) is 0 Å². The molecule has 2 aromatic rings. The molecule has 2 fully saturated rings. The molecule has 1 aromatic heterocycles. The third-order valence-corrected chi connectivity index (χ3v) is 6.62. The largest absolute Gasteiger partial charge is 0.357 e. The van der Waals surface area contributed by atoms with Crippen LogP contribution in [0.5, 0.6) is 0 Å². The normalized spacial score (nSPS) is 26.0. The number of hydrogen-bond donors (Lipinski definition) is 4. The van der Waals surface area contributed by atoms with E-state index in [4.69, 9.17) is 5.21 Å². The van der Waals surface area contributed by atoms with Crippen LogP contribution in [0.15, 0.2) is 24.3 Å². The molecule has 7 heteroatoms. The molecule has 0 bridgehead atoms. The summed E-state index contributed by atoms with van der Waals surface area (Å²) in [6, 6.07) is 7.63. The number of rotatable bonds is 2. The molecule has 4 N–H and O–H groups in total. The quantitative estimate of drug-likeness (QED) is 0.475. The minimum atomic E-state index is -0.575. The molecule has 1 saturated carbocycles. The number of hydroxylamine groups is 1. The topological polar surface area (TPSA) is 97.5 Å². The van der Waals surface area contributed by atoms with E-state index in [2.05, 4.69) is 22.4 Å². The van der Waals surface area contributed by atoms with Crippen molar-refractivity contribution in [2.75, 3.05) is 13.1 Å². The van der Waals surface area contributed by atoms with Crippen molar-refractivity contribution in [3.8, 4) is 0 Å². The third-order valence-electron chi connectivity index (χ3n) is 6.62. The van der Waals surface area contributed by atoms with Gasteiger partial charge in [0.05, 0.1) is 18.5 Å². The number of aromatic amines is 1. The number of nitrogens with one attached hydrogen (secondary N) is 3. The summed E-state index contributed by atoms with van der Waals surface area (Å²) in [5, 5.41) is 13.7. The lowest BCUT2D eigenvalue weighted by molar-refractivity contribution is -0.145. The number of aromatic nitrogens is 1. The minimum absolute atomic E-state index is 0.0524. The number of benzene rings is 1. The maximum Gasteiger partial charge on any atom is 0.248 e. The minimum Gasteiger partial charge on any atom is -0.357 e. The van der Waals surface area contributed by atoms with Crippen molar-refractivity contribution in [3.05, 3.63) is 35.5 Å². The highest BCUT2D eigenvalue weighted by molar-refractivity contribution is 5.91. The molecule has 1 saturated heterocycles. The fourth-order valence-corrected chi connectivity index (χ4v) is 4.85. The van der Waals surface area contributed by atoms with Gasteiger partial charge in [0.2, 0.25) is 11.8 Å². The van der Waals surface area contributed by atoms with E-state index in [1.807, 2.05) is 17.0 Å². The number of carbonyl (C=O) groups is 2. The zero-order valence-corrected chi connectivity index (χ0v) is 15.1. The summed E-state index contributed by atoms with van der Waals surface area (Å²) in [4.78, 5) is 30.7. The van der Waals surface area contributed by atoms with Crippen LogP contribution in [-0.4, -0.2) is 46.0 Å². The van der Waals surface area contributed by atoms with E-state index in [1.165, 1.54) is 10.9 Å². The predicted molar refractivity (Wildman–Crippen MR) is 98.9 cm³/mol. The summed E-state index contributed by atoms with van der Waals surface area (Å²) in [6.07, 6.45) is 3.63. The summed E-state index contributed by atoms with van der Waals surface area (Å²) in [5.74, 6) is -1.04. The van der Waals surface area contributed by atoms with Gasteiger partial charge in [0.1, 0.15) is 0 Å². The monoisotopic (exact) mass is 368 g/mol. The standard InChI is InChI=1S/C20H24N4O3/c25-18(23-27)14-9-20(6-7-20)11-21-17(14)19(26)24-8-5-13-12-3-1-2-4-15(12)22-16(13)10-24/h1-4,14,17,21-22,27H,5-11H2,(H,23,25). The van der Waals surface area contributed by atoms with Crippen molar-refractivity contribution in [2.45, 2.75) is 38.3 Å². The first-order chi connectivity index (χ1) is 13.1. The average molecular weight is 368 g/mol. The second kappa shape index (κ2) is 6.07. The molecule has 27 heavy (non-hydrogen) atoms. The van der Waals surface area contributed by atoms with Gasteiger partial charge in [0.15, 0.2) is 0 Å². The number of nitrogens with zero attached hydrogens (tertiary/aromatic N) is 1. The number of amides is 2. The van der Waals surface area contributed by atoms with Crippen molar-refractivity contribution >= 4 is 22.7 Å². The Morgan fingerprint density at radius 1 is 1.26 bits per heavy atom. The van der Waals surface area contributed by atoms with Crippen LogP contribution in [0.3, 0.4) is 0 Å². The van der Waals surface area contributed by atoms with Crippen LogP contribution in [0, 0.1) is 11.3 Å². The van der Waals surface area contributed by atoms with E-state index in [1.54, 1.807) is 5.48 Å². The predicted octanol–water partition coefficient (Wildman–Crippen LogP) is 1.32. The van der Waals surface area contributed by atoms with Crippen molar-refractivity contribution in [1.82, 2.24) is 20.7 Å². The van der Waals surface area contributed by atoms with Crippen molar-refractivity contribution in [2.24, 2.45) is 11.3 Å². The molecule has 0 radical (unpaired) electrons. The van der Waals surface area contributed by atoms with Crippen LogP contribution in [-0.2, 0) is 22.6 Å². The van der Waals surface area contributed by atoms with E-state index in [-0.39, 0.29) is 11.3 Å². The number of piperidine rings is 1. The molecule has 1 spiro atoms. The SMILES string of the molecule is O=C(NO)C1CC2(CC2)CNC1C(=O)N1CCc2c([nH]c3ccccc23)C1. The van der Waals surface area contributed by atoms with Crippen LogP contribution in [0.1, 0.15) is 30.5 Å². The Kier molecular flexibility index (Phi) is 3.77. The van der Waals surface area contributed by atoms with E-state index in [0.29, 0.717) is 19.5 Å². The van der Waals surface area contributed by atoms with Crippen LogP contribution in [0.2, 0.25) is 0 Å². The number of fused-ring (bicyclic) bond motifs is 3. The summed E-state index contributed by atoms with van der Waals surface area (Å²) in [7, 11) is 0. The molecule has 1 aliphatic carbocycles. The number of carbonyl (C=O) groups excluding carboxylic acids is 2. The van der Waals surface area contributed by atoms with Crippen LogP contribution >= 0.6 is 0 Å². The van der Waals surface area contributed by atoms with E-state index in [9.17, 15) is 9.59 Å². The van der Waals surface area contributed by atoms with Gasteiger partial charge in [-0.05, 0) is 42.7 Å². The summed E-state index contributed by atoms with van der Waals surface area (Å²) < 4.78 is 0. The molecule has 2 unspecified atom stereocenters. The van der Waals surface area contributed by atoms with Gasteiger partial charge in [-0.15, -0.1) is 0 Å². The van der Waals surface area contributed by atoms with E-state index >= 15 is 0 Å². The van der Waals surface area contributed by atoms with E-state index < -0.39 is 17.9 Å². The van der Waals surface area contributed by atoms with Crippen molar-refractivity contribution in [3.63, 3.8) is 0 Å². The maximum absolute atomic E-state index is 13.2. The Bertz CT molecular complexity index is 917. The second-order valence-electron chi connectivity index (χ2n) is 8.28. The average Bonchev–Trinajstić information content (AvgIpc) is 3.35. The zero-order chi connectivity index (χ0) is 18.6. The van der Waals surface area contributed by atoms with Gasteiger partial charge < -0.3 is 15.2 Å². The second-order valence-corrected chi connectivity index (χ2v) is 8.28. The first kappa shape index (κ1) is 16.8. The smallest absolute Gasteiger partial charge is 0.248 e. The van der Waals surface area contributed by atoms with Crippen molar-refractivity contribution < 1.29 is 14.8 Å². The Morgan fingerprint density at radius 2 is 2.07 bits per heavy atom. The Hall–Kier alpha value is -2.38. The highest BCUT2D eigenvalue weighted by Gasteiger charge is 2.52. The summed E-state index contributed by atoms with van der Waals surface area (Å²) in [5.41, 5.74) is 5.36. The first-order valence-corrected chi connectivity index (χ1v) is 9.65. The molecule has 5 rings (SSSR count). The summed E-state index contributed by atoms with van der Waals surface area (Å²) in [6.45, 7) is 1.94. The molecule has 3 aliphatic rings. The maximum atomic E-state index is 13.2. The molecule has 3 heterocycles. The number of H-pyrrole nitrogens is 1. The van der Waals surface area contributed by atoms with E-state index in [0.717, 1.165) is 37.0 Å². The lowest BCUT2D eigenvalue weighted by atomic mass is 9.81. The molecule has 2 amide bonds. The third kappa shape index (κ3) is 2.73. The first-order valence-electron chi connectivity index (χ1n) is 9.65. The molecular weight excluding hydrogens is 344 g/mol. The Morgan fingerprint density at radius 3 is 2.85 bits per heavy atom. The van der Waals surface area contributed by atoms with Gasteiger partial charge in [-0.25, -0.2) is 5.48 Å². The molecule has 2 aliphatic heterocycles. The zero-order valence-electron chi connectivity index (χ0n) is 15.1. The Balaban J connectivity index is 1.38. The lowest BCUT2D eigenvalue weighted by Gasteiger charge is -2.38. The molecule has 142 valence electrons. The fraction of sp³-hybridized carbons (Fsp3) is 0.500. The van der Waals surface area contributed by atoms with Gasteiger partial charge in [0.25, 0.3) is 0 Å². The van der Waals surface area contributed by atoms with Gasteiger partial charge in [0, 0.05) is 29.7 Å². The van der Waals surface area contributed by atoms with Crippen LogP contribution < -0.4 is 10.8 Å². The van der Waals surface area contributed by atoms with Gasteiger partial charge in [-0.3, -0.25) is 14.8 Å². The lowest BCUT2D eigenvalue weighted by Crippen LogP contribution is -2.59. The number of para-hydroxylation sites is 1. The van der Waals surface area contributed by atoms with Gasteiger partial charge in [-0.1, -0.05) is 18.2 Å². The number of hydrogen-bond acceptors (Lipinski definition) is 4. The van der Waals surface area contributed by atoms with Gasteiger partial charge >= 0.3 is 0 Å². The Labute approximate surface area is 157 Å². The molecular formula is C20H24N4O3. The highest BCUT2D eigenvalue weighted by atomic mass is 16.5. The van der Waals surface area contributed by atoms with Gasteiger partial charge in [-0.2, -0.15) is 0 Å². The fourth-order valence-electron chi connectivity index (χ4n) is 4.85. The summed E-state index contributed by atoms with van der Waals surface area (Å²) >= 11 is 0.